The number of rotatable bonds is 25. The zero-order valence-electron chi connectivity index (χ0n) is 23.2. The molecule has 0 amide bonds. The first kappa shape index (κ1) is 33.6. The maximum atomic E-state index is 12.1. The Bertz CT molecular complexity index is 517. The zero-order valence-corrected chi connectivity index (χ0v) is 23.2. The molecule has 1 N–H and O–H groups in total. The van der Waals surface area contributed by atoms with Gasteiger partial charge >= 0.3 is 11.9 Å². The molecule has 0 aromatic rings. The summed E-state index contributed by atoms with van der Waals surface area (Å²) in [5.74, 6) is -2.25. The molecule has 0 aromatic carbocycles. The van der Waals surface area contributed by atoms with Gasteiger partial charge < -0.3 is 14.6 Å². The zero-order chi connectivity index (χ0) is 26.0. The van der Waals surface area contributed by atoms with E-state index in [1.54, 1.807) is 13.8 Å². The minimum absolute atomic E-state index is 0.167. The molecule has 0 aromatic heterocycles. The van der Waals surface area contributed by atoms with Gasteiger partial charge in [-0.3, -0.25) is 4.79 Å². The number of esters is 2. The number of unbranched alkanes of at least 4 members (excludes halogenated alkanes) is 17. The maximum Gasteiger partial charge on any atom is 0.335 e. The molecule has 0 radical (unpaired) electrons. The van der Waals surface area contributed by atoms with Crippen LogP contribution in [0.1, 0.15) is 143 Å². The van der Waals surface area contributed by atoms with Crippen molar-refractivity contribution < 1.29 is 24.2 Å². The number of carbonyl (C=O) groups is 2. The van der Waals surface area contributed by atoms with E-state index in [4.69, 9.17) is 9.47 Å². The topological polar surface area (TPSA) is 72.8 Å². The van der Waals surface area contributed by atoms with E-state index in [0.29, 0.717) is 0 Å². The number of aliphatic hydroxyl groups excluding tert-OH is 1. The van der Waals surface area contributed by atoms with E-state index in [0.717, 1.165) is 12.8 Å². The predicted octanol–water partition coefficient (Wildman–Crippen LogP) is 8.08. The van der Waals surface area contributed by atoms with Gasteiger partial charge in [0.2, 0.25) is 0 Å². The van der Waals surface area contributed by atoms with Gasteiger partial charge in [0.25, 0.3) is 0 Å². The smallest absolute Gasteiger partial charge is 0.335 e. The highest BCUT2D eigenvalue weighted by Gasteiger charge is 2.33. The van der Waals surface area contributed by atoms with E-state index in [2.05, 4.69) is 6.92 Å². The molecule has 0 bridgehead atoms. The second kappa shape index (κ2) is 25.7. The van der Waals surface area contributed by atoms with Crippen molar-refractivity contribution in [1.29, 1.82) is 0 Å². The van der Waals surface area contributed by atoms with Crippen LogP contribution in [-0.4, -0.2) is 36.4 Å². The van der Waals surface area contributed by atoms with E-state index >= 15 is 0 Å². The molecular formula is C30H56O5. The second-order valence-electron chi connectivity index (χ2n) is 9.71. The summed E-state index contributed by atoms with van der Waals surface area (Å²) in [6.45, 7) is 6.04. The average Bonchev–Trinajstić information content (AvgIpc) is 2.85. The lowest BCUT2D eigenvalue weighted by Crippen LogP contribution is -2.37. The largest absolute Gasteiger partial charge is 0.466 e. The van der Waals surface area contributed by atoms with Crippen LogP contribution in [0.15, 0.2) is 12.2 Å². The van der Waals surface area contributed by atoms with Gasteiger partial charge in [-0.1, -0.05) is 122 Å². The fourth-order valence-electron chi connectivity index (χ4n) is 4.34. The van der Waals surface area contributed by atoms with Crippen LogP contribution in [0.3, 0.4) is 0 Å². The molecule has 2 atom stereocenters. The van der Waals surface area contributed by atoms with Crippen molar-refractivity contribution in [2.24, 2.45) is 5.92 Å². The van der Waals surface area contributed by atoms with E-state index in [-0.39, 0.29) is 19.6 Å². The molecule has 0 fully saturated rings. The SMILES string of the molecule is CCCCCCCCCCCCCCCCCCC/C=C/C[C@@H](C(=O)OCC)[C@H](O)C(=O)OCC. The van der Waals surface area contributed by atoms with Gasteiger partial charge in [-0.2, -0.15) is 0 Å². The van der Waals surface area contributed by atoms with E-state index in [1.807, 2.05) is 12.2 Å². The lowest BCUT2D eigenvalue weighted by molar-refractivity contribution is -0.165. The van der Waals surface area contributed by atoms with Crippen LogP contribution >= 0.6 is 0 Å². The van der Waals surface area contributed by atoms with Crippen molar-refractivity contribution in [2.75, 3.05) is 13.2 Å². The minimum Gasteiger partial charge on any atom is -0.466 e. The van der Waals surface area contributed by atoms with Gasteiger partial charge in [-0.05, 0) is 33.1 Å². The number of carbonyl (C=O) groups excluding carboxylic acids is 2. The molecular weight excluding hydrogens is 440 g/mol. The normalized spacial score (nSPS) is 13.1. The second-order valence-corrected chi connectivity index (χ2v) is 9.71. The third-order valence-electron chi connectivity index (χ3n) is 6.53. The molecule has 5 nitrogen and oxygen atoms in total. The van der Waals surface area contributed by atoms with Crippen LogP contribution < -0.4 is 0 Å². The monoisotopic (exact) mass is 496 g/mol. The van der Waals surface area contributed by atoms with Gasteiger partial charge in [0, 0.05) is 0 Å². The average molecular weight is 497 g/mol. The number of ether oxygens (including phenoxy) is 2. The summed E-state index contributed by atoms with van der Waals surface area (Å²) >= 11 is 0. The minimum atomic E-state index is -1.49. The summed E-state index contributed by atoms with van der Waals surface area (Å²) in [5.41, 5.74) is 0. The Morgan fingerprint density at radius 2 is 1.00 bits per heavy atom. The summed E-state index contributed by atoms with van der Waals surface area (Å²) in [4.78, 5) is 23.9. The van der Waals surface area contributed by atoms with Crippen molar-refractivity contribution in [3.05, 3.63) is 12.2 Å². The summed E-state index contributed by atoms with van der Waals surface area (Å²) < 4.78 is 9.85. The fraction of sp³-hybridized carbons (Fsp3) is 0.867. The maximum absolute atomic E-state index is 12.1. The van der Waals surface area contributed by atoms with Crippen LogP contribution in [0.4, 0.5) is 0 Å². The van der Waals surface area contributed by atoms with Gasteiger partial charge in [0.05, 0.1) is 19.1 Å². The Morgan fingerprint density at radius 1 is 0.600 bits per heavy atom. The molecule has 206 valence electrons. The third-order valence-corrected chi connectivity index (χ3v) is 6.53. The molecule has 0 aliphatic heterocycles. The molecule has 0 saturated heterocycles. The number of aliphatic hydroxyl groups is 1. The van der Waals surface area contributed by atoms with Crippen molar-refractivity contribution in [3.63, 3.8) is 0 Å². The predicted molar refractivity (Wildman–Crippen MR) is 145 cm³/mol. The van der Waals surface area contributed by atoms with Crippen molar-refractivity contribution in [1.82, 2.24) is 0 Å². The van der Waals surface area contributed by atoms with Crippen molar-refractivity contribution in [3.8, 4) is 0 Å². The van der Waals surface area contributed by atoms with Crippen molar-refractivity contribution in [2.45, 2.75) is 149 Å². The van der Waals surface area contributed by atoms with E-state index < -0.39 is 24.0 Å². The van der Waals surface area contributed by atoms with Crippen LogP contribution in [-0.2, 0) is 19.1 Å². The van der Waals surface area contributed by atoms with Gasteiger partial charge in [0.1, 0.15) is 0 Å². The molecule has 0 unspecified atom stereocenters. The first-order valence-corrected chi connectivity index (χ1v) is 14.7. The molecule has 0 aliphatic rings. The number of hydrogen-bond acceptors (Lipinski definition) is 5. The molecule has 0 aliphatic carbocycles. The van der Waals surface area contributed by atoms with Gasteiger partial charge in [-0.25, -0.2) is 4.79 Å². The Balaban J connectivity index is 3.67. The van der Waals surface area contributed by atoms with Crippen LogP contribution in [0.5, 0.6) is 0 Å². The first-order valence-electron chi connectivity index (χ1n) is 14.7. The van der Waals surface area contributed by atoms with Crippen LogP contribution in [0.2, 0.25) is 0 Å². The Labute approximate surface area is 216 Å². The summed E-state index contributed by atoms with van der Waals surface area (Å²) in [6.07, 6.45) is 26.8. The van der Waals surface area contributed by atoms with Gasteiger partial charge in [-0.15, -0.1) is 0 Å². The highest BCUT2D eigenvalue weighted by atomic mass is 16.6. The molecule has 5 heteroatoms. The van der Waals surface area contributed by atoms with Gasteiger partial charge in [0.15, 0.2) is 6.10 Å². The summed E-state index contributed by atoms with van der Waals surface area (Å²) in [7, 11) is 0. The Kier molecular flexibility index (Phi) is 24.7. The Morgan fingerprint density at radius 3 is 1.43 bits per heavy atom. The Hall–Kier alpha value is -1.36. The third kappa shape index (κ3) is 20.5. The first-order chi connectivity index (χ1) is 17.1. The molecule has 0 spiro atoms. The lowest BCUT2D eigenvalue weighted by atomic mass is 9.98. The number of hydrogen-bond donors (Lipinski definition) is 1. The van der Waals surface area contributed by atoms with E-state index in [9.17, 15) is 14.7 Å². The highest BCUT2D eigenvalue weighted by molar-refractivity contribution is 5.83. The molecule has 0 heterocycles. The number of allylic oxidation sites excluding steroid dienone is 2. The van der Waals surface area contributed by atoms with Crippen molar-refractivity contribution >= 4 is 11.9 Å². The van der Waals surface area contributed by atoms with Crippen LogP contribution in [0, 0.1) is 5.92 Å². The molecule has 35 heavy (non-hydrogen) atoms. The standard InChI is InChI=1S/C30H56O5/c1-4-7-8-9-10-11-12-13-14-15-16-17-18-19-20-21-22-23-24-25-26-27(29(32)34-5-2)28(31)30(33)35-6-3/h24-25,27-28,31H,4-23,26H2,1-3H3/b25-24+/t27-,28+/m1/s1. The highest BCUT2D eigenvalue weighted by Crippen LogP contribution is 2.16. The lowest BCUT2D eigenvalue weighted by Gasteiger charge is -2.18. The summed E-state index contributed by atoms with van der Waals surface area (Å²) in [6, 6.07) is 0. The quantitative estimate of drug-likeness (QED) is 0.0785. The van der Waals surface area contributed by atoms with E-state index in [1.165, 1.54) is 103 Å². The fourth-order valence-corrected chi connectivity index (χ4v) is 4.34. The molecule has 0 saturated carbocycles. The summed E-state index contributed by atoms with van der Waals surface area (Å²) in [5, 5.41) is 10.2. The molecule has 0 rings (SSSR count). The van der Waals surface area contributed by atoms with Crippen LogP contribution in [0.25, 0.3) is 0 Å².